The summed E-state index contributed by atoms with van der Waals surface area (Å²) in [6.07, 6.45) is 1.47. The van der Waals surface area contributed by atoms with Gasteiger partial charge in [-0.2, -0.15) is 5.26 Å². The Morgan fingerprint density at radius 3 is 2.70 bits per heavy atom. The number of nitrogens with zero attached hydrogens (tertiary/aromatic N) is 3. The Morgan fingerprint density at radius 1 is 1.41 bits per heavy atom. The van der Waals surface area contributed by atoms with Crippen LogP contribution in [0.1, 0.15) is 38.3 Å². The lowest BCUT2D eigenvalue weighted by atomic mass is 9.93. The Kier molecular flexibility index (Phi) is 5.92. The molecule has 0 fully saturated rings. The smallest absolute Gasteiger partial charge is 0.338 e. The highest BCUT2D eigenvalue weighted by atomic mass is 79.9. The van der Waals surface area contributed by atoms with E-state index in [1.807, 2.05) is 31.2 Å². The molecule has 2 heterocycles. The van der Waals surface area contributed by atoms with E-state index in [0.717, 1.165) is 16.5 Å². The molecule has 0 bridgehead atoms. The predicted octanol–water partition coefficient (Wildman–Crippen LogP) is 4.18. The molecule has 140 valence electrons. The van der Waals surface area contributed by atoms with Crippen molar-refractivity contribution in [3.8, 4) is 6.07 Å². The van der Waals surface area contributed by atoms with Crippen LogP contribution in [0.2, 0.25) is 0 Å². The van der Waals surface area contributed by atoms with Crippen molar-refractivity contribution in [2.75, 3.05) is 6.61 Å². The molecule has 0 spiro atoms. The molecule has 2 aliphatic rings. The van der Waals surface area contributed by atoms with Crippen LogP contribution in [0, 0.1) is 11.3 Å². The molecule has 0 saturated heterocycles. The van der Waals surface area contributed by atoms with Gasteiger partial charge in [0.15, 0.2) is 5.17 Å². The molecule has 27 heavy (non-hydrogen) atoms. The quantitative estimate of drug-likeness (QED) is 0.681. The van der Waals surface area contributed by atoms with Gasteiger partial charge in [0.2, 0.25) is 0 Å². The number of carbonyl (C=O) groups is 1. The monoisotopic (exact) mass is 446 g/mol. The molecule has 0 saturated carbocycles. The van der Waals surface area contributed by atoms with Crippen LogP contribution in [0.5, 0.6) is 0 Å². The average molecular weight is 447 g/mol. The number of ether oxygens (including phenoxy) is 1. The number of esters is 1. The molecule has 0 aromatic heterocycles. The van der Waals surface area contributed by atoms with Crippen LogP contribution < -0.4 is 5.73 Å². The number of benzene rings is 1. The summed E-state index contributed by atoms with van der Waals surface area (Å²) in [6.45, 7) is 4.08. The van der Waals surface area contributed by atoms with Gasteiger partial charge in [-0.05, 0) is 42.8 Å². The normalized spacial score (nSPS) is 19.0. The molecule has 6 nitrogen and oxygen atoms in total. The van der Waals surface area contributed by atoms with Crippen molar-refractivity contribution in [3.05, 3.63) is 56.3 Å². The number of nitrogens with two attached hydrogens (primary N) is 1. The van der Waals surface area contributed by atoms with Crippen molar-refractivity contribution >= 4 is 38.8 Å². The molecule has 1 aromatic rings. The number of amidine groups is 1. The Labute approximate surface area is 170 Å². The topological polar surface area (TPSA) is 91.7 Å². The van der Waals surface area contributed by atoms with Gasteiger partial charge in [0.05, 0.1) is 23.9 Å². The first-order valence-electron chi connectivity index (χ1n) is 8.63. The summed E-state index contributed by atoms with van der Waals surface area (Å²) in [5.74, 6) is -0.0913. The zero-order valence-electron chi connectivity index (χ0n) is 15.0. The largest absolute Gasteiger partial charge is 0.463 e. The van der Waals surface area contributed by atoms with Crippen LogP contribution in [0.3, 0.4) is 0 Å². The lowest BCUT2D eigenvalue weighted by Gasteiger charge is -2.35. The lowest BCUT2D eigenvalue weighted by molar-refractivity contribution is -0.139. The van der Waals surface area contributed by atoms with E-state index < -0.39 is 12.0 Å². The number of nitriles is 1. The lowest BCUT2D eigenvalue weighted by Crippen LogP contribution is -2.39. The zero-order valence-corrected chi connectivity index (χ0v) is 17.4. The third-order valence-electron chi connectivity index (χ3n) is 4.23. The first kappa shape index (κ1) is 19.5. The fourth-order valence-corrected chi connectivity index (χ4v) is 4.25. The third-order valence-corrected chi connectivity index (χ3v) is 5.74. The Morgan fingerprint density at radius 2 is 2.11 bits per heavy atom. The molecule has 0 radical (unpaired) electrons. The van der Waals surface area contributed by atoms with E-state index in [4.69, 9.17) is 10.5 Å². The van der Waals surface area contributed by atoms with Gasteiger partial charge in [-0.15, -0.1) is 0 Å². The molecule has 2 aliphatic heterocycles. The SMILES string of the molecule is CCCC1=C(C(=O)OCC)[C@@H](c2ccc(Br)cc2)N2C(=N1)SC(C#N)=C2N. The maximum Gasteiger partial charge on any atom is 0.338 e. The van der Waals surface area contributed by atoms with Gasteiger partial charge in [-0.1, -0.05) is 41.4 Å². The molecule has 1 aromatic carbocycles. The fraction of sp³-hybridized carbons (Fsp3) is 0.316. The van der Waals surface area contributed by atoms with Crippen LogP contribution in [-0.2, 0) is 9.53 Å². The van der Waals surface area contributed by atoms with E-state index in [1.165, 1.54) is 11.8 Å². The zero-order chi connectivity index (χ0) is 19.6. The highest BCUT2D eigenvalue weighted by Gasteiger charge is 2.43. The summed E-state index contributed by atoms with van der Waals surface area (Å²) in [5, 5.41) is 10.0. The number of hydrogen-bond donors (Lipinski definition) is 1. The summed E-state index contributed by atoms with van der Waals surface area (Å²) >= 11 is 4.68. The number of carbonyl (C=O) groups excluding carboxylic acids is 1. The summed E-state index contributed by atoms with van der Waals surface area (Å²) in [5.41, 5.74) is 8.30. The van der Waals surface area contributed by atoms with E-state index in [1.54, 1.807) is 11.8 Å². The minimum Gasteiger partial charge on any atom is -0.463 e. The molecular formula is C19H19BrN4O2S. The van der Waals surface area contributed by atoms with Gasteiger partial charge in [0, 0.05) is 4.47 Å². The van der Waals surface area contributed by atoms with Crippen molar-refractivity contribution in [2.24, 2.45) is 10.7 Å². The first-order valence-corrected chi connectivity index (χ1v) is 10.2. The summed E-state index contributed by atoms with van der Waals surface area (Å²) in [7, 11) is 0. The number of hydrogen-bond acceptors (Lipinski definition) is 7. The van der Waals surface area contributed by atoms with Crippen molar-refractivity contribution in [2.45, 2.75) is 32.7 Å². The molecule has 2 N–H and O–H groups in total. The van der Waals surface area contributed by atoms with E-state index in [0.29, 0.717) is 33.6 Å². The molecule has 0 amide bonds. The van der Waals surface area contributed by atoms with Gasteiger partial charge >= 0.3 is 5.97 Å². The molecule has 1 atom stereocenters. The van der Waals surface area contributed by atoms with Crippen LogP contribution in [-0.4, -0.2) is 22.6 Å². The fourth-order valence-electron chi connectivity index (χ4n) is 3.10. The van der Waals surface area contributed by atoms with Gasteiger partial charge in [0.1, 0.15) is 16.8 Å². The second-order valence-electron chi connectivity index (χ2n) is 5.98. The number of halogens is 1. The molecular weight excluding hydrogens is 428 g/mol. The Hall–Kier alpha value is -2.24. The number of thioether (sulfide) groups is 1. The highest BCUT2D eigenvalue weighted by Crippen LogP contribution is 2.46. The van der Waals surface area contributed by atoms with Crippen LogP contribution >= 0.6 is 27.7 Å². The number of allylic oxidation sites excluding steroid dienone is 2. The maximum atomic E-state index is 12.9. The predicted molar refractivity (Wildman–Crippen MR) is 109 cm³/mol. The van der Waals surface area contributed by atoms with Gasteiger partial charge in [0.25, 0.3) is 0 Å². The third kappa shape index (κ3) is 3.62. The van der Waals surface area contributed by atoms with Crippen molar-refractivity contribution in [1.29, 1.82) is 5.26 Å². The van der Waals surface area contributed by atoms with Crippen molar-refractivity contribution in [3.63, 3.8) is 0 Å². The van der Waals surface area contributed by atoms with Crippen LogP contribution in [0.15, 0.2) is 55.7 Å². The second-order valence-corrected chi connectivity index (χ2v) is 7.87. The van der Waals surface area contributed by atoms with Crippen LogP contribution in [0.4, 0.5) is 0 Å². The second kappa shape index (κ2) is 8.19. The van der Waals surface area contributed by atoms with Gasteiger partial charge < -0.3 is 10.5 Å². The van der Waals surface area contributed by atoms with Crippen molar-refractivity contribution in [1.82, 2.24) is 4.90 Å². The van der Waals surface area contributed by atoms with E-state index in [-0.39, 0.29) is 6.61 Å². The average Bonchev–Trinajstić information content (AvgIpc) is 2.97. The number of fused-ring (bicyclic) bond motifs is 1. The highest BCUT2D eigenvalue weighted by molar-refractivity contribution is 9.10. The van der Waals surface area contributed by atoms with Crippen molar-refractivity contribution < 1.29 is 9.53 Å². The maximum absolute atomic E-state index is 12.9. The van der Waals surface area contributed by atoms with Crippen LogP contribution in [0.25, 0.3) is 0 Å². The van der Waals surface area contributed by atoms with Gasteiger partial charge in [-0.3, -0.25) is 4.90 Å². The van der Waals surface area contributed by atoms with Gasteiger partial charge in [-0.25, -0.2) is 9.79 Å². The molecule has 0 unspecified atom stereocenters. The minimum atomic E-state index is -0.482. The minimum absolute atomic E-state index is 0.273. The summed E-state index contributed by atoms with van der Waals surface area (Å²) < 4.78 is 6.27. The Balaban J connectivity index is 2.21. The standard InChI is InChI=1S/C19H19BrN4O2S/c1-3-5-13-15(18(25)26-4-2)16(11-6-8-12(20)9-7-11)24-17(22)14(10-21)27-19(24)23-13/h6-9,16H,3-5,22H2,1-2H3/t16-/m1/s1. The molecule has 3 rings (SSSR count). The summed E-state index contributed by atoms with van der Waals surface area (Å²) in [6, 6.07) is 9.33. The van der Waals surface area contributed by atoms with E-state index >= 15 is 0 Å². The first-order chi connectivity index (χ1) is 13.0. The Bertz CT molecular complexity index is 899. The molecule has 8 heteroatoms. The number of rotatable bonds is 5. The number of aliphatic imine (C=N–C) groups is 1. The molecule has 0 aliphatic carbocycles. The van der Waals surface area contributed by atoms with E-state index in [9.17, 15) is 10.1 Å². The van der Waals surface area contributed by atoms with E-state index in [2.05, 4.69) is 27.0 Å². The summed E-state index contributed by atoms with van der Waals surface area (Å²) in [4.78, 5) is 19.7.